The van der Waals surface area contributed by atoms with Crippen molar-refractivity contribution in [2.24, 2.45) is 4.99 Å². The first-order valence-electron chi connectivity index (χ1n) is 12.6. The van der Waals surface area contributed by atoms with Crippen LogP contribution in [0.4, 0.5) is 0 Å². The Kier molecular flexibility index (Phi) is 9.11. The minimum Gasteiger partial charge on any atom is -0.493 e. The zero-order valence-corrected chi connectivity index (χ0v) is 24.3. The number of carbonyl (C=O) groups excluding carboxylic acids is 2. The number of aromatic nitrogens is 1. The Morgan fingerprint density at radius 1 is 1.18 bits per heavy atom. The maximum atomic E-state index is 13.8. The molecule has 1 aromatic heterocycles. The number of hydrogen-bond acceptors (Lipinski definition) is 9. The number of esters is 2. The molecule has 1 aliphatic heterocycles. The number of rotatable bonds is 9. The van der Waals surface area contributed by atoms with Crippen molar-refractivity contribution in [1.29, 1.82) is 0 Å². The summed E-state index contributed by atoms with van der Waals surface area (Å²) >= 11 is 7.74. The molecule has 0 saturated heterocycles. The van der Waals surface area contributed by atoms with E-state index in [0.717, 1.165) is 0 Å². The van der Waals surface area contributed by atoms with Crippen LogP contribution >= 0.6 is 22.9 Å². The molecule has 1 aliphatic rings. The van der Waals surface area contributed by atoms with Gasteiger partial charge in [0.15, 0.2) is 22.9 Å². The summed E-state index contributed by atoms with van der Waals surface area (Å²) in [5.41, 5.74) is 1.63. The van der Waals surface area contributed by atoms with Crippen LogP contribution in [0.3, 0.4) is 0 Å². The molecule has 0 unspecified atom stereocenters. The van der Waals surface area contributed by atoms with Gasteiger partial charge in [0.05, 0.1) is 35.6 Å². The molecule has 1 atom stereocenters. The van der Waals surface area contributed by atoms with Crippen molar-refractivity contribution >= 4 is 41.0 Å². The molecule has 0 N–H and O–H groups in total. The van der Waals surface area contributed by atoms with Crippen LogP contribution in [0, 0.1) is 0 Å². The number of hydrogen-bond donors (Lipinski definition) is 0. The minimum absolute atomic E-state index is 0.176. The normalized spacial score (nSPS) is 15.0. The molecule has 0 bridgehead atoms. The highest BCUT2D eigenvalue weighted by molar-refractivity contribution is 7.07. The molecule has 4 rings (SSSR count). The summed E-state index contributed by atoms with van der Waals surface area (Å²) in [4.78, 5) is 43.7. The number of benzene rings is 2. The highest BCUT2D eigenvalue weighted by atomic mass is 35.5. The van der Waals surface area contributed by atoms with Gasteiger partial charge in [-0.1, -0.05) is 47.2 Å². The maximum absolute atomic E-state index is 13.8. The van der Waals surface area contributed by atoms with Crippen molar-refractivity contribution < 1.29 is 28.5 Å². The molecule has 0 amide bonds. The average molecular weight is 585 g/mol. The summed E-state index contributed by atoms with van der Waals surface area (Å²) in [5, 5.41) is 0.413. The highest BCUT2D eigenvalue weighted by Crippen LogP contribution is 2.34. The quantitative estimate of drug-likeness (QED) is 0.352. The van der Waals surface area contributed by atoms with Crippen molar-refractivity contribution in [3.05, 3.63) is 89.6 Å². The second-order valence-electron chi connectivity index (χ2n) is 9.06. The predicted octanol–water partition coefficient (Wildman–Crippen LogP) is 3.79. The Labute approximate surface area is 239 Å². The van der Waals surface area contributed by atoms with E-state index in [2.05, 4.69) is 4.99 Å². The van der Waals surface area contributed by atoms with Gasteiger partial charge in [0.1, 0.15) is 6.04 Å². The fourth-order valence-corrected chi connectivity index (χ4v) is 5.55. The van der Waals surface area contributed by atoms with Gasteiger partial charge in [-0.2, -0.15) is 0 Å². The molecule has 0 radical (unpaired) electrons. The molecule has 2 aromatic carbocycles. The van der Waals surface area contributed by atoms with E-state index in [0.29, 0.717) is 42.7 Å². The van der Waals surface area contributed by atoms with Crippen LogP contribution in [-0.4, -0.2) is 42.9 Å². The number of methoxy groups -OCH3 is 1. The lowest BCUT2D eigenvalue weighted by atomic mass is 9.96. The average Bonchev–Trinajstić information content (AvgIpc) is 3.21. The molecule has 2 heterocycles. The number of allylic oxidation sites excluding steroid dienone is 1. The van der Waals surface area contributed by atoms with Crippen molar-refractivity contribution in [2.75, 3.05) is 20.3 Å². The first-order chi connectivity index (χ1) is 19.1. The zero-order valence-electron chi connectivity index (χ0n) is 22.7. The molecular weight excluding hydrogens is 556 g/mol. The first-order valence-corrected chi connectivity index (χ1v) is 13.8. The van der Waals surface area contributed by atoms with Crippen molar-refractivity contribution in [2.45, 2.75) is 39.8 Å². The predicted molar refractivity (Wildman–Crippen MR) is 152 cm³/mol. The summed E-state index contributed by atoms with van der Waals surface area (Å²) < 4.78 is 23.3. The number of ether oxygens (including phenoxy) is 4. The van der Waals surface area contributed by atoms with Crippen LogP contribution in [0.15, 0.2) is 63.5 Å². The molecule has 3 aromatic rings. The molecule has 0 fully saturated rings. The van der Waals surface area contributed by atoms with Gasteiger partial charge in [-0.15, -0.1) is 0 Å². The van der Waals surface area contributed by atoms with Crippen LogP contribution in [0.1, 0.15) is 44.9 Å². The lowest BCUT2D eigenvalue weighted by Crippen LogP contribution is -2.40. The summed E-state index contributed by atoms with van der Waals surface area (Å²) in [6.07, 6.45) is 1.46. The van der Waals surface area contributed by atoms with Crippen LogP contribution in [0.25, 0.3) is 6.08 Å². The monoisotopic (exact) mass is 584 g/mol. The van der Waals surface area contributed by atoms with Crippen LogP contribution in [-0.2, 0) is 19.1 Å². The van der Waals surface area contributed by atoms with Gasteiger partial charge in [0, 0.05) is 5.02 Å². The van der Waals surface area contributed by atoms with Gasteiger partial charge in [-0.3, -0.25) is 9.36 Å². The standard InChI is InChI=1S/C29H29ClN2O7S/c1-6-37-28(35)25-17(4)31-29-32(26(25)19-9-7-8-10-20(19)30)27(34)23(40-29)14-18-11-12-21(22(13-18)36-5)38-15-24(33)39-16(2)3/h7-14,16,26H,6,15H2,1-5H3/b23-14+/t26-/m1/s1. The molecule has 9 nitrogen and oxygen atoms in total. The fourth-order valence-electron chi connectivity index (χ4n) is 4.26. The Morgan fingerprint density at radius 3 is 2.60 bits per heavy atom. The fraction of sp³-hybridized carbons (Fsp3) is 0.310. The Morgan fingerprint density at radius 2 is 1.93 bits per heavy atom. The first kappa shape index (κ1) is 29.1. The molecule has 0 saturated carbocycles. The second-order valence-corrected chi connectivity index (χ2v) is 10.5. The van der Waals surface area contributed by atoms with Crippen LogP contribution in [0.5, 0.6) is 11.5 Å². The van der Waals surface area contributed by atoms with Gasteiger partial charge < -0.3 is 18.9 Å². The van der Waals surface area contributed by atoms with Gasteiger partial charge >= 0.3 is 11.9 Å². The lowest BCUT2D eigenvalue weighted by Gasteiger charge is -2.25. The van der Waals surface area contributed by atoms with E-state index in [9.17, 15) is 14.4 Å². The van der Waals surface area contributed by atoms with Crippen molar-refractivity contribution in [3.63, 3.8) is 0 Å². The number of nitrogens with zero attached hydrogens (tertiary/aromatic N) is 2. The molecule has 0 aliphatic carbocycles. The number of thiazole rings is 1. The number of halogens is 1. The molecule has 0 spiro atoms. The van der Waals surface area contributed by atoms with Gasteiger partial charge in [-0.05, 0) is 63.1 Å². The largest absolute Gasteiger partial charge is 0.493 e. The Hall–Kier alpha value is -3.89. The van der Waals surface area contributed by atoms with Gasteiger partial charge in [0.2, 0.25) is 0 Å². The van der Waals surface area contributed by atoms with Crippen LogP contribution < -0.4 is 24.4 Å². The molecule has 40 heavy (non-hydrogen) atoms. The van der Waals surface area contributed by atoms with Crippen molar-refractivity contribution in [1.82, 2.24) is 4.57 Å². The highest BCUT2D eigenvalue weighted by Gasteiger charge is 2.34. The topological polar surface area (TPSA) is 105 Å². The van der Waals surface area contributed by atoms with E-state index in [1.165, 1.54) is 23.0 Å². The minimum atomic E-state index is -0.804. The van der Waals surface area contributed by atoms with E-state index < -0.39 is 18.0 Å². The number of fused-ring (bicyclic) bond motifs is 1. The summed E-state index contributed by atoms with van der Waals surface area (Å²) in [6.45, 7) is 6.86. The summed E-state index contributed by atoms with van der Waals surface area (Å²) in [7, 11) is 1.48. The zero-order chi connectivity index (χ0) is 29.0. The molecule has 210 valence electrons. The summed E-state index contributed by atoms with van der Waals surface area (Å²) in [5.74, 6) is -0.308. The van der Waals surface area contributed by atoms with Crippen molar-refractivity contribution in [3.8, 4) is 11.5 Å². The smallest absolute Gasteiger partial charge is 0.344 e. The van der Waals surface area contributed by atoms with E-state index >= 15 is 0 Å². The van der Waals surface area contributed by atoms with E-state index in [1.54, 1.807) is 76.2 Å². The van der Waals surface area contributed by atoms with Crippen LogP contribution in [0.2, 0.25) is 5.02 Å². The van der Waals surface area contributed by atoms with E-state index in [4.69, 9.17) is 30.5 Å². The summed E-state index contributed by atoms with van der Waals surface area (Å²) in [6, 6.07) is 11.4. The van der Waals surface area contributed by atoms with E-state index in [-0.39, 0.29) is 30.5 Å². The third-order valence-electron chi connectivity index (χ3n) is 5.91. The Bertz CT molecular complexity index is 1660. The SMILES string of the molecule is CCOC(=O)C1=C(C)N=c2s/c(=C/c3ccc(OCC(=O)OC(C)C)c(OC)c3)c(=O)n2[C@@H]1c1ccccc1Cl. The third-order valence-corrected chi connectivity index (χ3v) is 7.24. The van der Waals surface area contributed by atoms with E-state index in [1.807, 2.05) is 0 Å². The number of carbonyl (C=O) groups is 2. The van der Waals surface area contributed by atoms with Gasteiger partial charge in [0.25, 0.3) is 5.56 Å². The third kappa shape index (κ3) is 6.13. The Balaban J connectivity index is 1.77. The van der Waals surface area contributed by atoms with Gasteiger partial charge in [-0.25, -0.2) is 14.6 Å². The molecular formula is C29H29ClN2O7S. The maximum Gasteiger partial charge on any atom is 0.344 e. The molecule has 11 heteroatoms. The second kappa shape index (κ2) is 12.5. The lowest BCUT2D eigenvalue weighted by molar-refractivity contribution is -0.149.